The van der Waals surface area contributed by atoms with Gasteiger partial charge in [0, 0.05) is 44.5 Å². The van der Waals surface area contributed by atoms with Crippen molar-refractivity contribution in [2.24, 2.45) is 7.05 Å². The average molecular weight is 360 g/mol. The second kappa shape index (κ2) is 7.70. The third kappa shape index (κ3) is 4.20. The molecule has 1 aliphatic heterocycles. The van der Waals surface area contributed by atoms with E-state index in [9.17, 15) is 4.79 Å². The SMILES string of the molecule is Cc1nn(C)c(Cl)c1/C=C/C(=O)NCc1ccnc(N2CCCC2)c1. The Balaban J connectivity index is 1.59. The van der Waals surface area contributed by atoms with Crippen LogP contribution in [0.1, 0.15) is 29.7 Å². The predicted octanol–water partition coefficient (Wildman–Crippen LogP) is 2.71. The fraction of sp³-hybridized carbons (Fsp3) is 0.389. The van der Waals surface area contributed by atoms with Gasteiger partial charge in [-0.15, -0.1) is 0 Å². The van der Waals surface area contributed by atoms with Crippen molar-refractivity contribution < 1.29 is 4.79 Å². The van der Waals surface area contributed by atoms with Crippen LogP contribution in [0.25, 0.3) is 6.08 Å². The zero-order valence-electron chi connectivity index (χ0n) is 14.5. The minimum absolute atomic E-state index is 0.168. The molecule has 2 aromatic rings. The smallest absolute Gasteiger partial charge is 0.244 e. The van der Waals surface area contributed by atoms with Crippen molar-refractivity contribution in [2.75, 3.05) is 18.0 Å². The number of hydrogen-bond acceptors (Lipinski definition) is 4. The van der Waals surface area contributed by atoms with Gasteiger partial charge in [0.15, 0.2) is 0 Å². The molecule has 25 heavy (non-hydrogen) atoms. The quantitative estimate of drug-likeness (QED) is 0.834. The number of anilines is 1. The Kier molecular flexibility index (Phi) is 5.38. The highest BCUT2D eigenvalue weighted by atomic mass is 35.5. The predicted molar refractivity (Wildman–Crippen MR) is 99.5 cm³/mol. The molecule has 0 saturated carbocycles. The highest BCUT2D eigenvalue weighted by molar-refractivity contribution is 6.31. The summed E-state index contributed by atoms with van der Waals surface area (Å²) in [5.74, 6) is 0.816. The molecule has 2 aromatic heterocycles. The van der Waals surface area contributed by atoms with Crippen LogP contribution in [0.4, 0.5) is 5.82 Å². The van der Waals surface area contributed by atoms with Crippen molar-refractivity contribution in [1.29, 1.82) is 0 Å². The van der Waals surface area contributed by atoms with Crippen LogP contribution in [0.3, 0.4) is 0 Å². The van der Waals surface area contributed by atoms with Gasteiger partial charge >= 0.3 is 0 Å². The average Bonchev–Trinajstić information content (AvgIpc) is 3.22. The standard InChI is InChI=1S/C18H22ClN5O/c1-13-15(18(19)23(2)22-13)5-6-17(25)21-12-14-7-8-20-16(11-14)24-9-3-4-10-24/h5-8,11H,3-4,9-10,12H2,1-2H3,(H,21,25)/b6-5+. The zero-order chi connectivity index (χ0) is 17.8. The Hall–Kier alpha value is -2.34. The normalized spacial score (nSPS) is 14.4. The number of amides is 1. The molecule has 7 heteroatoms. The van der Waals surface area contributed by atoms with E-state index in [1.165, 1.54) is 18.9 Å². The molecule has 0 spiro atoms. The highest BCUT2D eigenvalue weighted by Crippen LogP contribution is 2.20. The number of halogens is 1. The molecule has 6 nitrogen and oxygen atoms in total. The van der Waals surface area contributed by atoms with E-state index in [-0.39, 0.29) is 5.91 Å². The van der Waals surface area contributed by atoms with Crippen LogP contribution in [0.15, 0.2) is 24.4 Å². The van der Waals surface area contributed by atoms with Gasteiger partial charge in [-0.05, 0) is 43.5 Å². The van der Waals surface area contributed by atoms with E-state index in [0.29, 0.717) is 11.7 Å². The minimum Gasteiger partial charge on any atom is -0.357 e. The van der Waals surface area contributed by atoms with Crippen molar-refractivity contribution in [2.45, 2.75) is 26.3 Å². The van der Waals surface area contributed by atoms with Gasteiger partial charge in [-0.1, -0.05) is 11.6 Å². The van der Waals surface area contributed by atoms with Crippen molar-refractivity contribution in [3.05, 3.63) is 46.4 Å². The maximum Gasteiger partial charge on any atom is 0.244 e. The van der Waals surface area contributed by atoms with Crippen LogP contribution in [-0.4, -0.2) is 33.8 Å². The highest BCUT2D eigenvalue weighted by Gasteiger charge is 2.13. The lowest BCUT2D eigenvalue weighted by molar-refractivity contribution is -0.116. The summed E-state index contributed by atoms with van der Waals surface area (Å²) in [6.07, 6.45) is 7.40. The topological polar surface area (TPSA) is 63.1 Å². The van der Waals surface area contributed by atoms with Crippen molar-refractivity contribution in [3.63, 3.8) is 0 Å². The fourth-order valence-corrected chi connectivity index (χ4v) is 3.17. The molecule has 0 aliphatic carbocycles. The molecule has 1 fully saturated rings. The number of nitrogens with zero attached hydrogens (tertiary/aromatic N) is 4. The third-order valence-corrected chi connectivity index (χ3v) is 4.75. The molecule has 3 rings (SSSR count). The summed E-state index contributed by atoms with van der Waals surface area (Å²) in [6.45, 7) is 4.43. The monoisotopic (exact) mass is 359 g/mol. The fourth-order valence-electron chi connectivity index (χ4n) is 2.93. The Morgan fingerprint density at radius 3 is 2.84 bits per heavy atom. The van der Waals surface area contributed by atoms with Gasteiger partial charge in [-0.3, -0.25) is 9.48 Å². The lowest BCUT2D eigenvalue weighted by atomic mass is 10.2. The first-order valence-electron chi connectivity index (χ1n) is 8.39. The van der Waals surface area contributed by atoms with Crippen molar-refractivity contribution in [1.82, 2.24) is 20.1 Å². The second-order valence-electron chi connectivity index (χ2n) is 6.18. The summed E-state index contributed by atoms with van der Waals surface area (Å²) in [7, 11) is 1.77. The van der Waals surface area contributed by atoms with Crippen LogP contribution in [0, 0.1) is 6.92 Å². The summed E-state index contributed by atoms with van der Waals surface area (Å²) in [6, 6.07) is 3.96. The molecule has 1 amide bonds. The summed E-state index contributed by atoms with van der Waals surface area (Å²) in [4.78, 5) is 18.8. The molecule has 0 atom stereocenters. The summed E-state index contributed by atoms with van der Waals surface area (Å²) >= 11 is 6.16. The van der Waals surface area contributed by atoms with Crippen LogP contribution >= 0.6 is 11.6 Å². The Bertz CT molecular complexity index is 793. The van der Waals surface area contributed by atoms with E-state index in [0.717, 1.165) is 35.7 Å². The number of aryl methyl sites for hydroxylation is 2. The van der Waals surface area contributed by atoms with Crippen LogP contribution in [-0.2, 0) is 18.4 Å². The van der Waals surface area contributed by atoms with E-state index in [4.69, 9.17) is 11.6 Å². The van der Waals surface area contributed by atoms with Crippen LogP contribution in [0.5, 0.6) is 0 Å². The van der Waals surface area contributed by atoms with Gasteiger partial charge in [0.1, 0.15) is 11.0 Å². The molecule has 0 unspecified atom stereocenters. The molecule has 1 saturated heterocycles. The lowest BCUT2D eigenvalue weighted by Gasteiger charge is -2.16. The first kappa shape index (κ1) is 17.5. The maximum atomic E-state index is 12.1. The zero-order valence-corrected chi connectivity index (χ0v) is 15.3. The van der Waals surface area contributed by atoms with Crippen LogP contribution in [0.2, 0.25) is 5.15 Å². The first-order valence-corrected chi connectivity index (χ1v) is 8.77. The first-order chi connectivity index (χ1) is 12.0. The van der Waals surface area contributed by atoms with Gasteiger partial charge in [0.2, 0.25) is 5.91 Å². The number of pyridine rings is 1. The lowest BCUT2D eigenvalue weighted by Crippen LogP contribution is -2.22. The number of nitrogens with one attached hydrogen (secondary N) is 1. The summed E-state index contributed by atoms with van der Waals surface area (Å²) in [5.41, 5.74) is 2.59. The molecule has 0 bridgehead atoms. The molecular formula is C18H22ClN5O. The Morgan fingerprint density at radius 1 is 1.40 bits per heavy atom. The van der Waals surface area contributed by atoms with Crippen molar-refractivity contribution in [3.8, 4) is 0 Å². The molecular weight excluding hydrogens is 338 g/mol. The number of hydrogen-bond donors (Lipinski definition) is 1. The van der Waals surface area contributed by atoms with Gasteiger partial charge in [-0.25, -0.2) is 4.98 Å². The number of carbonyl (C=O) groups is 1. The Morgan fingerprint density at radius 2 is 2.16 bits per heavy atom. The number of rotatable bonds is 5. The molecule has 1 N–H and O–H groups in total. The van der Waals surface area contributed by atoms with E-state index >= 15 is 0 Å². The molecule has 3 heterocycles. The maximum absolute atomic E-state index is 12.1. The molecule has 132 valence electrons. The largest absolute Gasteiger partial charge is 0.357 e. The van der Waals surface area contributed by atoms with Gasteiger partial charge < -0.3 is 10.2 Å². The van der Waals surface area contributed by atoms with E-state index < -0.39 is 0 Å². The van der Waals surface area contributed by atoms with E-state index in [1.54, 1.807) is 24.0 Å². The third-order valence-electron chi connectivity index (χ3n) is 4.30. The number of carbonyl (C=O) groups excluding carboxylic acids is 1. The summed E-state index contributed by atoms with van der Waals surface area (Å²) in [5, 5.41) is 7.63. The van der Waals surface area contributed by atoms with Crippen LogP contribution < -0.4 is 10.2 Å². The van der Waals surface area contributed by atoms with Gasteiger partial charge in [0.25, 0.3) is 0 Å². The molecule has 0 aromatic carbocycles. The Labute approximate surface area is 152 Å². The molecule has 0 radical (unpaired) electrons. The van der Waals surface area contributed by atoms with E-state index in [1.807, 2.05) is 19.1 Å². The summed E-state index contributed by atoms with van der Waals surface area (Å²) < 4.78 is 1.59. The van der Waals surface area contributed by atoms with Gasteiger partial charge in [-0.2, -0.15) is 5.10 Å². The second-order valence-corrected chi connectivity index (χ2v) is 6.54. The van der Waals surface area contributed by atoms with E-state index in [2.05, 4.69) is 20.3 Å². The molecule has 1 aliphatic rings. The number of aromatic nitrogens is 3. The van der Waals surface area contributed by atoms with Gasteiger partial charge in [0.05, 0.1) is 5.69 Å². The minimum atomic E-state index is -0.168. The van der Waals surface area contributed by atoms with Crippen molar-refractivity contribution >= 4 is 29.4 Å².